The number of carbonyl (C=O) groups is 1. The van der Waals surface area contributed by atoms with Gasteiger partial charge in [0.1, 0.15) is 11.4 Å². The van der Waals surface area contributed by atoms with Crippen LogP contribution in [-0.2, 0) is 0 Å². The molecule has 3 rings (SSSR count). The normalized spacial score (nSPS) is 17.6. The summed E-state index contributed by atoms with van der Waals surface area (Å²) in [5.41, 5.74) is 1.52. The van der Waals surface area contributed by atoms with Gasteiger partial charge < -0.3 is 10.2 Å². The van der Waals surface area contributed by atoms with Crippen LogP contribution in [0.25, 0.3) is 11.4 Å². The second-order valence-electron chi connectivity index (χ2n) is 6.96. The van der Waals surface area contributed by atoms with Gasteiger partial charge in [-0.15, -0.1) is 0 Å². The molecule has 0 spiro atoms. The van der Waals surface area contributed by atoms with Crippen molar-refractivity contribution < 1.29 is 4.79 Å². The third kappa shape index (κ3) is 3.98. The van der Waals surface area contributed by atoms with Gasteiger partial charge in [-0.25, -0.2) is 9.97 Å². The first-order chi connectivity index (χ1) is 12.1. The van der Waals surface area contributed by atoms with E-state index in [9.17, 15) is 4.79 Å². The highest BCUT2D eigenvalue weighted by Crippen LogP contribution is 2.28. The van der Waals surface area contributed by atoms with Gasteiger partial charge in [0.15, 0.2) is 5.82 Å². The average Bonchev–Trinajstić information content (AvgIpc) is 2.62. The molecule has 5 heteroatoms. The maximum Gasteiger partial charge on any atom is 0.256 e. The van der Waals surface area contributed by atoms with E-state index in [4.69, 9.17) is 4.98 Å². The molecule has 2 aromatic rings. The molecule has 2 heterocycles. The van der Waals surface area contributed by atoms with Crippen LogP contribution >= 0.6 is 0 Å². The highest BCUT2D eigenvalue weighted by Gasteiger charge is 2.26. The van der Waals surface area contributed by atoms with E-state index in [1.54, 1.807) is 6.20 Å². The minimum Gasteiger partial charge on any atom is -0.353 e. The minimum absolute atomic E-state index is 0.0768. The Hall–Kier alpha value is -2.43. The van der Waals surface area contributed by atoms with Gasteiger partial charge in [0.2, 0.25) is 0 Å². The van der Waals surface area contributed by atoms with E-state index < -0.39 is 0 Å². The maximum absolute atomic E-state index is 12.7. The van der Waals surface area contributed by atoms with E-state index in [0.29, 0.717) is 17.4 Å². The summed E-state index contributed by atoms with van der Waals surface area (Å²) in [5.74, 6) is 1.30. The lowest BCUT2D eigenvalue weighted by Crippen LogP contribution is -2.40. The van der Waals surface area contributed by atoms with Gasteiger partial charge in [-0.2, -0.15) is 0 Å². The zero-order chi connectivity index (χ0) is 17.8. The molecule has 1 amide bonds. The lowest BCUT2D eigenvalue weighted by molar-refractivity contribution is 0.0943. The van der Waals surface area contributed by atoms with Crippen LogP contribution in [0.2, 0.25) is 0 Å². The van der Waals surface area contributed by atoms with Gasteiger partial charge in [0.05, 0.1) is 0 Å². The van der Waals surface area contributed by atoms with Gasteiger partial charge in [-0.1, -0.05) is 30.3 Å². The lowest BCUT2D eigenvalue weighted by atomic mass is 10.0. The van der Waals surface area contributed by atoms with Crippen molar-refractivity contribution >= 4 is 11.7 Å². The zero-order valence-electron chi connectivity index (χ0n) is 15.2. The van der Waals surface area contributed by atoms with Crippen molar-refractivity contribution in [1.29, 1.82) is 0 Å². The van der Waals surface area contributed by atoms with Crippen molar-refractivity contribution in [2.75, 3.05) is 11.4 Å². The highest BCUT2D eigenvalue weighted by atomic mass is 16.1. The quantitative estimate of drug-likeness (QED) is 0.924. The molecule has 5 nitrogen and oxygen atoms in total. The van der Waals surface area contributed by atoms with Crippen molar-refractivity contribution in [3.63, 3.8) is 0 Å². The van der Waals surface area contributed by atoms with Crippen LogP contribution in [0.4, 0.5) is 5.82 Å². The number of nitrogens with zero attached hydrogens (tertiary/aromatic N) is 3. The third-order valence-electron chi connectivity index (χ3n) is 4.54. The monoisotopic (exact) mass is 338 g/mol. The fourth-order valence-electron chi connectivity index (χ4n) is 3.23. The number of hydrogen-bond acceptors (Lipinski definition) is 4. The maximum atomic E-state index is 12.7. The minimum atomic E-state index is -0.109. The first-order valence-electron chi connectivity index (χ1n) is 9.06. The molecule has 0 radical (unpaired) electrons. The second kappa shape index (κ2) is 7.64. The molecule has 1 unspecified atom stereocenters. The fourth-order valence-corrected chi connectivity index (χ4v) is 3.23. The Bertz CT molecular complexity index is 730. The third-order valence-corrected chi connectivity index (χ3v) is 4.54. The van der Waals surface area contributed by atoms with Gasteiger partial charge in [0, 0.05) is 30.4 Å². The standard InChI is InChI=1S/C20H26N4O/c1-14(2)22-20(25)17-13-21-18(16-10-5-4-6-11-16)23-19(17)24-12-8-7-9-15(24)3/h4-6,10-11,13-15H,7-9,12H2,1-3H3,(H,22,25). The fraction of sp³-hybridized carbons (Fsp3) is 0.450. The summed E-state index contributed by atoms with van der Waals surface area (Å²) in [6.07, 6.45) is 5.14. The Kier molecular flexibility index (Phi) is 5.31. The number of carbonyl (C=O) groups excluding carboxylic acids is 1. The molecule has 1 aliphatic rings. The molecule has 1 aromatic carbocycles. The number of amides is 1. The van der Waals surface area contributed by atoms with Crippen molar-refractivity contribution in [2.24, 2.45) is 0 Å². The number of anilines is 1. The van der Waals surface area contributed by atoms with Gasteiger partial charge in [-0.3, -0.25) is 4.79 Å². The van der Waals surface area contributed by atoms with Crippen LogP contribution in [0.15, 0.2) is 36.5 Å². The Balaban J connectivity index is 2.04. The predicted octanol–water partition coefficient (Wildman–Crippen LogP) is 3.66. The number of rotatable bonds is 4. The summed E-state index contributed by atoms with van der Waals surface area (Å²) in [6.45, 7) is 7.04. The predicted molar refractivity (Wildman–Crippen MR) is 101 cm³/mol. The molecule has 1 atom stereocenters. The van der Waals surface area contributed by atoms with Gasteiger partial charge in [0.25, 0.3) is 5.91 Å². The number of aromatic nitrogens is 2. The first-order valence-corrected chi connectivity index (χ1v) is 9.06. The Morgan fingerprint density at radius 1 is 1.24 bits per heavy atom. The molecule has 1 saturated heterocycles. The number of hydrogen-bond donors (Lipinski definition) is 1. The molecular weight excluding hydrogens is 312 g/mol. The summed E-state index contributed by atoms with van der Waals surface area (Å²) in [6, 6.07) is 10.4. The largest absolute Gasteiger partial charge is 0.353 e. The van der Waals surface area contributed by atoms with Gasteiger partial charge in [-0.05, 0) is 40.0 Å². The topological polar surface area (TPSA) is 58.1 Å². The van der Waals surface area contributed by atoms with Crippen LogP contribution in [-0.4, -0.2) is 34.5 Å². The summed E-state index contributed by atoms with van der Waals surface area (Å²) in [7, 11) is 0. The molecular formula is C20H26N4O. The molecule has 132 valence electrons. The van der Waals surface area contributed by atoms with Crippen LogP contribution in [0.1, 0.15) is 50.4 Å². The summed E-state index contributed by atoms with van der Waals surface area (Å²) >= 11 is 0. The van der Waals surface area contributed by atoms with E-state index in [-0.39, 0.29) is 11.9 Å². The summed E-state index contributed by atoms with van der Waals surface area (Å²) in [4.78, 5) is 24.2. The molecule has 1 N–H and O–H groups in total. The van der Waals surface area contributed by atoms with E-state index in [1.165, 1.54) is 6.42 Å². The molecule has 0 bridgehead atoms. The van der Waals surface area contributed by atoms with Crippen molar-refractivity contribution in [3.8, 4) is 11.4 Å². The zero-order valence-corrected chi connectivity index (χ0v) is 15.2. The second-order valence-corrected chi connectivity index (χ2v) is 6.96. The molecule has 0 saturated carbocycles. The van der Waals surface area contributed by atoms with E-state index in [2.05, 4.69) is 22.1 Å². The number of nitrogens with one attached hydrogen (secondary N) is 1. The van der Waals surface area contributed by atoms with Crippen molar-refractivity contribution in [2.45, 2.75) is 52.1 Å². The van der Waals surface area contributed by atoms with Crippen molar-refractivity contribution in [1.82, 2.24) is 15.3 Å². The molecule has 1 aliphatic heterocycles. The summed E-state index contributed by atoms with van der Waals surface area (Å²) in [5, 5.41) is 2.97. The highest BCUT2D eigenvalue weighted by molar-refractivity contribution is 5.99. The Labute approximate surface area is 149 Å². The van der Waals surface area contributed by atoms with Crippen LogP contribution in [0, 0.1) is 0 Å². The van der Waals surface area contributed by atoms with Crippen LogP contribution < -0.4 is 10.2 Å². The SMILES string of the molecule is CC(C)NC(=O)c1cnc(-c2ccccc2)nc1N1CCCCC1C. The first kappa shape index (κ1) is 17.4. The molecule has 0 aliphatic carbocycles. The summed E-state index contributed by atoms with van der Waals surface area (Å²) < 4.78 is 0. The van der Waals surface area contributed by atoms with E-state index >= 15 is 0 Å². The van der Waals surface area contributed by atoms with E-state index in [1.807, 2.05) is 44.2 Å². The van der Waals surface area contributed by atoms with Crippen LogP contribution in [0.5, 0.6) is 0 Å². The Morgan fingerprint density at radius 2 is 2.00 bits per heavy atom. The molecule has 25 heavy (non-hydrogen) atoms. The molecule has 1 aromatic heterocycles. The smallest absolute Gasteiger partial charge is 0.256 e. The van der Waals surface area contributed by atoms with Crippen molar-refractivity contribution in [3.05, 3.63) is 42.1 Å². The number of piperidine rings is 1. The molecule has 1 fully saturated rings. The number of benzene rings is 1. The van der Waals surface area contributed by atoms with E-state index in [0.717, 1.165) is 30.8 Å². The van der Waals surface area contributed by atoms with Gasteiger partial charge >= 0.3 is 0 Å². The lowest BCUT2D eigenvalue weighted by Gasteiger charge is -2.35. The Morgan fingerprint density at radius 3 is 2.68 bits per heavy atom. The van der Waals surface area contributed by atoms with Crippen LogP contribution in [0.3, 0.4) is 0 Å². The average molecular weight is 338 g/mol.